The zero-order chi connectivity index (χ0) is 9.10. The lowest BCUT2D eigenvalue weighted by Crippen LogP contribution is -2.35. The maximum Gasteiger partial charge on any atom is 0.128 e. The lowest BCUT2D eigenvalue weighted by Gasteiger charge is -2.24. The summed E-state index contributed by atoms with van der Waals surface area (Å²) >= 11 is 0. The summed E-state index contributed by atoms with van der Waals surface area (Å²) in [6.07, 6.45) is 0. The zero-order valence-corrected chi connectivity index (χ0v) is 7.29. The van der Waals surface area contributed by atoms with Gasteiger partial charge in [0.25, 0.3) is 0 Å². The van der Waals surface area contributed by atoms with Gasteiger partial charge in [-0.25, -0.2) is 4.39 Å². The first kappa shape index (κ1) is 8.66. The number of benzene rings is 1. The van der Waals surface area contributed by atoms with Gasteiger partial charge in [0.1, 0.15) is 5.82 Å². The molecule has 0 unspecified atom stereocenters. The van der Waals surface area contributed by atoms with Crippen molar-refractivity contribution in [3.8, 4) is 0 Å². The number of ether oxygens (including phenoxy) is 1. The van der Waals surface area contributed by atoms with Gasteiger partial charge in [-0.05, 0) is 6.07 Å². The highest BCUT2D eigenvalue weighted by molar-refractivity contribution is 5.21. The second-order valence-electron chi connectivity index (χ2n) is 3.10. The van der Waals surface area contributed by atoms with Crippen molar-refractivity contribution in [2.24, 2.45) is 0 Å². The molecule has 2 rings (SSSR count). The molecule has 0 saturated carbocycles. The number of hydrogen-bond acceptors (Lipinski definition) is 2. The summed E-state index contributed by atoms with van der Waals surface area (Å²) in [4.78, 5) is 0. The van der Waals surface area contributed by atoms with Crippen molar-refractivity contribution in [1.82, 2.24) is 5.32 Å². The molecule has 1 aromatic carbocycles. The highest BCUT2D eigenvalue weighted by Crippen LogP contribution is 2.18. The molecule has 0 spiro atoms. The minimum Gasteiger partial charge on any atom is -0.378 e. The maximum absolute atomic E-state index is 13.3. The van der Waals surface area contributed by atoms with Crippen molar-refractivity contribution >= 4 is 0 Å². The fraction of sp³-hybridized carbons (Fsp3) is 0.400. The van der Waals surface area contributed by atoms with E-state index in [4.69, 9.17) is 4.74 Å². The topological polar surface area (TPSA) is 21.3 Å². The van der Waals surface area contributed by atoms with Crippen molar-refractivity contribution in [2.45, 2.75) is 6.04 Å². The van der Waals surface area contributed by atoms with E-state index in [2.05, 4.69) is 5.32 Å². The van der Waals surface area contributed by atoms with Gasteiger partial charge in [-0.15, -0.1) is 0 Å². The van der Waals surface area contributed by atoms with Gasteiger partial charge in [0.05, 0.1) is 19.3 Å². The molecule has 1 aliphatic rings. The maximum atomic E-state index is 13.3. The molecular formula is C10H12FNO. The molecule has 0 aliphatic carbocycles. The van der Waals surface area contributed by atoms with E-state index in [9.17, 15) is 4.39 Å². The molecule has 13 heavy (non-hydrogen) atoms. The first-order chi connectivity index (χ1) is 6.38. The summed E-state index contributed by atoms with van der Waals surface area (Å²) in [5, 5.41) is 3.21. The molecule has 1 fully saturated rings. The molecule has 0 bridgehead atoms. The van der Waals surface area contributed by atoms with Gasteiger partial charge in [0, 0.05) is 12.1 Å². The molecule has 3 heteroatoms. The van der Waals surface area contributed by atoms with Crippen LogP contribution in [0.4, 0.5) is 4.39 Å². The van der Waals surface area contributed by atoms with Crippen molar-refractivity contribution in [1.29, 1.82) is 0 Å². The number of halogens is 1. The minimum atomic E-state index is -0.162. The zero-order valence-electron chi connectivity index (χ0n) is 7.29. The lowest BCUT2D eigenvalue weighted by atomic mass is 10.1. The highest BCUT2D eigenvalue weighted by Gasteiger charge is 2.17. The summed E-state index contributed by atoms with van der Waals surface area (Å²) in [6.45, 7) is 2.06. The average molecular weight is 181 g/mol. The van der Waals surface area contributed by atoms with Crippen LogP contribution < -0.4 is 5.32 Å². The first-order valence-electron chi connectivity index (χ1n) is 4.43. The second-order valence-corrected chi connectivity index (χ2v) is 3.10. The van der Waals surface area contributed by atoms with Crippen LogP contribution in [0.1, 0.15) is 11.6 Å². The van der Waals surface area contributed by atoms with Crippen molar-refractivity contribution in [3.05, 3.63) is 35.6 Å². The van der Waals surface area contributed by atoms with E-state index in [1.165, 1.54) is 6.07 Å². The predicted octanol–water partition coefficient (Wildman–Crippen LogP) is 1.49. The minimum absolute atomic E-state index is 0.00921. The molecule has 2 nitrogen and oxygen atoms in total. The van der Waals surface area contributed by atoms with Gasteiger partial charge in [-0.3, -0.25) is 0 Å². The molecule has 0 aromatic heterocycles. The van der Waals surface area contributed by atoms with Crippen LogP contribution in [0.15, 0.2) is 24.3 Å². The van der Waals surface area contributed by atoms with Crippen LogP contribution >= 0.6 is 0 Å². The van der Waals surface area contributed by atoms with Crippen molar-refractivity contribution < 1.29 is 9.13 Å². The summed E-state index contributed by atoms with van der Waals surface area (Å²) in [5.74, 6) is -0.162. The standard InChI is InChI=1S/C10H12FNO/c11-9-4-2-1-3-8(9)10-7-13-6-5-12-10/h1-4,10,12H,5-7H2/t10-/m1/s1. The highest BCUT2D eigenvalue weighted by atomic mass is 19.1. The number of hydrogen-bond donors (Lipinski definition) is 1. The Morgan fingerprint density at radius 3 is 2.92 bits per heavy atom. The average Bonchev–Trinajstić information content (AvgIpc) is 2.20. The Bertz CT molecular complexity index is 284. The molecule has 1 aromatic rings. The van der Waals surface area contributed by atoms with Crippen LogP contribution in [-0.4, -0.2) is 19.8 Å². The number of rotatable bonds is 1. The SMILES string of the molecule is Fc1ccccc1[C@H]1COCCN1. The van der Waals surface area contributed by atoms with E-state index in [-0.39, 0.29) is 11.9 Å². The van der Waals surface area contributed by atoms with Crippen LogP contribution in [-0.2, 0) is 4.74 Å². The molecule has 70 valence electrons. The quantitative estimate of drug-likeness (QED) is 0.708. The van der Waals surface area contributed by atoms with Crippen LogP contribution in [0.25, 0.3) is 0 Å². The Kier molecular flexibility index (Phi) is 2.57. The first-order valence-corrected chi connectivity index (χ1v) is 4.43. The normalized spacial score (nSPS) is 23.0. The van der Waals surface area contributed by atoms with E-state index in [0.717, 1.165) is 6.54 Å². The Hall–Kier alpha value is -0.930. The summed E-state index contributed by atoms with van der Waals surface area (Å²) in [5.41, 5.74) is 0.696. The van der Waals surface area contributed by atoms with E-state index in [0.29, 0.717) is 18.8 Å². The van der Waals surface area contributed by atoms with E-state index >= 15 is 0 Å². The molecule has 1 aliphatic heterocycles. The van der Waals surface area contributed by atoms with Gasteiger partial charge >= 0.3 is 0 Å². The lowest BCUT2D eigenvalue weighted by molar-refractivity contribution is 0.0757. The van der Waals surface area contributed by atoms with Gasteiger partial charge in [0.15, 0.2) is 0 Å². The van der Waals surface area contributed by atoms with E-state index in [1.54, 1.807) is 12.1 Å². The fourth-order valence-corrected chi connectivity index (χ4v) is 1.52. The third kappa shape index (κ3) is 1.87. The molecular weight excluding hydrogens is 169 g/mol. The fourth-order valence-electron chi connectivity index (χ4n) is 1.52. The third-order valence-electron chi connectivity index (χ3n) is 2.20. The Morgan fingerprint density at radius 1 is 1.38 bits per heavy atom. The number of nitrogens with one attached hydrogen (secondary N) is 1. The monoisotopic (exact) mass is 181 g/mol. The van der Waals surface area contributed by atoms with Crippen LogP contribution in [0.5, 0.6) is 0 Å². The van der Waals surface area contributed by atoms with Gasteiger partial charge in [0.2, 0.25) is 0 Å². The van der Waals surface area contributed by atoms with Gasteiger partial charge < -0.3 is 10.1 Å². The third-order valence-corrected chi connectivity index (χ3v) is 2.20. The van der Waals surface area contributed by atoms with Crippen molar-refractivity contribution in [3.63, 3.8) is 0 Å². The second kappa shape index (κ2) is 3.85. The molecule has 0 radical (unpaired) electrons. The molecule has 1 saturated heterocycles. The smallest absolute Gasteiger partial charge is 0.128 e. The molecule has 0 amide bonds. The Balaban J connectivity index is 2.18. The molecule has 1 heterocycles. The Morgan fingerprint density at radius 2 is 2.23 bits per heavy atom. The van der Waals surface area contributed by atoms with Crippen molar-refractivity contribution in [2.75, 3.05) is 19.8 Å². The van der Waals surface area contributed by atoms with Gasteiger partial charge in [-0.2, -0.15) is 0 Å². The predicted molar refractivity (Wildman–Crippen MR) is 48.0 cm³/mol. The largest absolute Gasteiger partial charge is 0.378 e. The van der Waals surface area contributed by atoms with Crippen LogP contribution in [0, 0.1) is 5.82 Å². The Labute approximate surface area is 76.7 Å². The van der Waals surface area contributed by atoms with E-state index < -0.39 is 0 Å². The summed E-state index contributed by atoms with van der Waals surface area (Å²) in [6, 6.07) is 6.82. The molecule has 1 N–H and O–H groups in total. The summed E-state index contributed by atoms with van der Waals surface area (Å²) < 4.78 is 18.5. The van der Waals surface area contributed by atoms with Crippen LogP contribution in [0.3, 0.4) is 0 Å². The van der Waals surface area contributed by atoms with Crippen LogP contribution in [0.2, 0.25) is 0 Å². The van der Waals surface area contributed by atoms with E-state index in [1.807, 2.05) is 6.07 Å². The number of morpholine rings is 1. The molecule has 1 atom stereocenters. The van der Waals surface area contributed by atoms with Gasteiger partial charge in [-0.1, -0.05) is 18.2 Å². The summed E-state index contributed by atoms with van der Waals surface area (Å²) in [7, 11) is 0.